The first kappa shape index (κ1) is 13.6. The van der Waals surface area contributed by atoms with Gasteiger partial charge in [-0.25, -0.2) is 4.79 Å². The zero-order valence-electron chi connectivity index (χ0n) is 11.7. The Morgan fingerprint density at radius 3 is 2.39 bits per heavy atom. The van der Waals surface area contributed by atoms with Gasteiger partial charge in [0, 0.05) is 5.57 Å². The summed E-state index contributed by atoms with van der Waals surface area (Å²) in [7, 11) is 0. The van der Waals surface area contributed by atoms with Gasteiger partial charge in [-0.05, 0) is 38.5 Å². The molecule has 0 aromatic rings. The van der Waals surface area contributed by atoms with Crippen molar-refractivity contribution in [2.24, 2.45) is 5.92 Å². The molecule has 0 unspecified atom stereocenters. The molecule has 0 N–H and O–H groups in total. The van der Waals surface area contributed by atoms with Crippen LogP contribution in [-0.2, 0) is 9.53 Å². The van der Waals surface area contributed by atoms with E-state index in [4.69, 9.17) is 4.74 Å². The van der Waals surface area contributed by atoms with Gasteiger partial charge in [0.15, 0.2) is 0 Å². The van der Waals surface area contributed by atoms with Crippen molar-refractivity contribution in [3.63, 3.8) is 0 Å². The van der Waals surface area contributed by atoms with Crippen LogP contribution in [0.5, 0.6) is 0 Å². The number of hydrogen-bond donors (Lipinski definition) is 0. The van der Waals surface area contributed by atoms with Crippen molar-refractivity contribution in [2.75, 3.05) is 0 Å². The fourth-order valence-corrected chi connectivity index (χ4v) is 3.41. The van der Waals surface area contributed by atoms with Gasteiger partial charge in [-0.1, -0.05) is 45.1 Å². The Bertz CT molecular complexity index is 308. The van der Waals surface area contributed by atoms with E-state index in [0.717, 1.165) is 25.2 Å². The number of carbonyl (C=O) groups excluding carboxylic acids is 1. The first-order valence-corrected chi connectivity index (χ1v) is 7.50. The highest BCUT2D eigenvalue weighted by molar-refractivity contribution is 5.87. The average Bonchev–Trinajstić information content (AvgIpc) is 2.35. The molecule has 0 saturated heterocycles. The molecule has 3 fully saturated rings. The van der Waals surface area contributed by atoms with E-state index in [9.17, 15) is 4.79 Å². The molecule has 18 heavy (non-hydrogen) atoms. The molecule has 3 rings (SSSR count). The second kappa shape index (κ2) is 5.90. The summed E-state index contributed by atoms with van der Waals surface area (Å²) in [5, 5.41) is 0. The number of carbonyl (C=O) groups is 1. The van der Waals surface area contributed by atoms with Crippen LogP contribution in [0.1, 0.15) is 71.1 Å². The monoisotopic (exact) mass is 250 g/mol. The molecule has 2 nitrogen and oxygen atoms in total. The summed E-state index contributed by atoms with van der Waals surface area (Å²) >= 11 is 0. The predicted octanol–water partition coefficient (Wildman–Crippen LogP) is 4.39. The smallest absolute Gasteiger partial charge is 0.333 e. The Labute approximate surface area is 111 Å². The van der Waals surface area contributed by atoms with E-state index in [1.807, 2.05) is 0 Å². The van der Waals surface area contributed by atoms with Gasteiger partial charge in [0.1, 0.15) is 5.60 Å². The van der Waals surface area contributed by atoms with Crippen molar-refractivity contribution in [3.8, 4) is 0 Å². The second-order valence-electron chi connectivity index (χ2n) is 6.29. The maximum atomic E-state index is 11.7. The molecule has 0 aromatic carbocycles. The first-order valence-electron chi connectivity index (χ1n) is 7.50. The van der Waals surface area contributed by atoms with E-state index in [0.29, 0.717) is 5.57 Å². The largest absolute Gasteiger partial charge is 0.456 e. The van der Waals surface area contributed by atoms with E-state index in [-0.39, 0.29) is 11.6 Å². The van der Waals surface area contributed by atoms with E-state index in [1.165, 1.54) is 44.9 Å². The average molecular weight is 250 g/mol. The minimum absolute atomic E-state index is 0.134. The highest BCUT2D eigenvalue weighted by Gasteiger charge is 2.46. The van der Waals surface area contributed by atoms with Crippen molar-refractivity contribution in [1.29, 1.82) is 0 Å². The van der Waals surface area contributed by atoms with Crippen molar-refractivity contribution < 1.29 is 9.53 Å². The first-order chi connectivity index (χ1) is 8.61. The highest BCUT2D eigenvalue weighted by Crippen LogP contribution is 2.47. The highest BCUT2D eigenvalue weighted by atomic mass is 16.6. The maximum Gasteiger partial charge on any atom is 0.333 e. The molecule has 2 heteroatoms. The van der Waals surface area contributed by atoms with Gasteiger partial charge in [-0.3, -0.25) is 0 Å². The zero-order valence-corrected chi connectivity index (χ0v) is 11.7. The molecule has 0 radical (unpaired) electrons. The van der Waals surface area contributed by atoms with E-state index >= 15 is 0 Å². The van der Waals surface area contributed by atoms with Crippen LogP contribution in [0.15, 0.2) is 12.2 Å². The predicted molar refractivity (Wildman–Crippen MR) is 73.3 cm³/mol. The van der Waals surface area contributed by atoms with Gasteiger partial charge in [-0.2, -0.15) is 0 Å². The minimum Gasteiger partial charge on any atom is -0.456 e. The molecular weight excluding hydrogens is 224 g/mol. The van der Waals surface area contributed by atoms with Crippen LogP contribution < -0.4 is 0 Å². The lowest BCUT2D eigenvalue weighted by Crippen LogP contribution is -2.47. The Morgan fingerprint density at radius 2 is 1.72 bits per heavy atom. The van der Waals surface area contributed by atoms with Crippen LogP contribution in [0.25, 0.3) is 0 Å². The van der Waals surface area contributed by atoms with Gasteiger partial charge >= 0.3 is 5.97 Å². The second-order valence-corrected chi connectivity index (χ2v) is 6.29. The number of esters is 1. The quantitative estimate of drug-likeness (QED) is 0.536. The van der Waals surface area contributed by atoms with Gasteiger partial charge in [0.25, 0.3) is 0 Å². The third-order valence-electron chi connectivity index (χ3n) is 4.47. The van der Waals surface area contributed by atoms with Crippen LogP contribution in [0.2, 0.25) is 0 Å². The molecule has 0 spiro atoms. The van der Waals surface area contributed by atoms with Crippen molar-refractivity contribution in [1.82, 2.24) is 0 Å². The lowest BCUT2D eigenvalue weighted by molar-refractivity contribution is -0.173. The summed E-state index contributed by atoms with van der Waals surface area (Å²) in [6.07, 6.45) is 12.5. The number of hydrogen-bond acceptors (Lipinski definition) is 2. The van der Waals surface area contributed by atoms with E-state index in [2.05, 4.69) is 6.58 Å². The van der Waals surface area contributed by atoms with Crippen LogP contribution in [0, 0.1) is 5.92 Å². The molecule has 0 aliphatic heterocycles. The summed E-state index contributed by atoms with van der Waals surface area (Å²) < 4.78 is 5.74. The zero-order chi connectivity index (χ0) is 13.0. The molecule has 3 saturated carbocycles. The fourth-order valence-electron chi connectivity index (χ4n) is 3.41. The van der Waals surface area contributed by atoms with Gasteiger partial charge < -0.3 is 4.74 Å². The molecule has 0 aromatic heterocycles. The SMILES string of the molecule is C=C(C)C(=O)OC12CCCCCCCCC(C1)C2. The molecule has 3 aliphatic rings. The lowest BCUT2D eigenvalue weighted by atomic mass is 9.66. The minimum atomic E-state index is -0.191. The van der Waals surface area contributed by atoms with Gasteiger partial charge in [-0.15, -0.1) is 0 Å². The Kier molecular flexibility index (Phi) is 4.47. The molecule has 102 valence electrons. The number of fused-ring (bicyclic) bond motifs is 7. The molecule has 3 aliphatic carbocycles. The fraction of sp³-hybridized carbons (Fsp3) is 0.812. The molecule has 0 atom stereocenters. The molecule has 2 bridgehead atoms. The lowest BCUT2D eigenvalue weighted by Gasteiger charge is -2.47. The van der Waals surface area contributed by atoms with Gasteiger partial charge in [0.2, 0.25) is 0 Å². The third kappa shape index (κ3) is 3.37. The third-order valence-corrected chi connectivity index (χ3v) is 4.47. The molecule has 0 amide bonds. The standard InChI is InChI=1S/C16H26O2/c1-13(2)15(17)18-16-10-8-6-4-3-5-7-9-14(11-16)12-16/h14H,1,3-12H2,2H3. The molecular formula is C16H26O2. The Balaban J connectivity index is 1.93. The summed E-state index contributed by atoms with van der Waals surface area (Å²) in [4.78, 5) is 11.7. The van der Waals surface area contributed by atoms with Crippen LogP contribution in [0.3, 0.4) is 0 Å². The topological polar surface area (TPSA) is 26.3 Å². The number of rotatable bonds is 2. The Hall–Kier alpha value is -0.790. The van der Waals surface area contributed by atoms with Crippen LogP contribution in [-0.4, -0.2) is 11.6 Å². The Morgan fingerprint density at radius 1 is 1.11 bits per heavy atom. The normalized spacial score (nSPS) is 32.8. The molecule has 0 heterocycles. The van der Waals surface area contributed by atoms with E-state index in [1.54, 1.807) is 6.92 Å². The summed E-state index contributed by atoms with van der Waals surface area (Å²) in [5.74, 6) is 0.601. The van der Waals surface area contributed by atoms with Crippen LogP contribution >= 0.6 is 0 Å². The van der Waals surface area contributed by atoms with Crippen molar-refractivity contribution >= 4 is 5.97 Å². The summed E-state index contributed by atoms with van der Waals surface area (Å²) in [6, 6.07) is 0. The van der Waals surface area contributed by atoms with Crippen molar-refractivity contribution in [2.45, 2.75) is 76.7 Å². The van der Waals surface area contributed by atoms with Gasteiger partial charge in [0.05, 0.1) is 0 Å². The van der Waals surface area contributed by atoms with Crippen LogP contribution in [0.4, 0.5) is 0 Å². The van der Waals surface area contributed by atoms with E-state index < -0.39 is 0 Å². The summed E-state index contributed by atoms with van der Waals surface area (Å²) in [5.41, 5.74) is 0.396. The maximum absolute atomic E-state index is 11.7. The number of ether oxygens (including phenoxy) is 1. The summed E-state index contributed by atoms with van der Waals surface area (Å²) in [6.45, 7) is 5.42. The van der Waals surface area contributed by atoms with Crippen molar-refractivity contribution in [3.05, 3.63) is 12.2 Å².